The van der Waals surface area contributed by atoms with Gasteiger partial charge >= 0.3 is 6.18 Å². The van der Waals surface area contributed by atoms with Crippen molar-refractivity contribution in [3.8, 4) is 23.0 Å². The Morgan fingerprint density at radius 1 is 1.29 bits per heavy atom. The quantitative estimate of drug-likeness (QED) is 0.407. The predicted molar refractivity (Wildman–Crippen MR) is 123 cm³/mol. The molecule has 1 aliphatic heterocycles. The molecule has 1 unspecified atom stereocenters. The molecule has 1 aliphatic rings. The molecule has 15 heteroatoms. The predicted octanol–water partition coefficient (Wildman–Crippen LogP) is 4.00. The van der Waals surface area contributed by atoms with Crippen molar-refractivity contribution in [2.24, 2.45) is 0 Å². The second kappa shape index (κ2) is 10.8. The molecule has 0 spiro atoms. The molecule has 0 aliphatic carbocycles. The SMILES string of the molecule is COC[C@H]1COc2c(OCC(F)(F)F)ccnc2-c2nnc(NSC(C)Cc3ncc(Cl)cn3)n21. The summed E-state index contributed by atoms with van der Waals surface area (Å²) >= 11 is 7.23. The number of hydrogen-bond donors (Lipinski definition) is 1. The molecule has 0 fully saturated rings. The Balaban J connectivity index is 1.57. The van der Waals surface area contributed by atoms with Crippen molar-refractivity contribution in [1.29, 1.82) is 0 Å². The summed E-state index contributed by atoms with van der Waals surface area (Å²) in [5.74, 6) is 1.35. The van der Waals surface area contributed by atoms with Crippen LogP contribution in [0.15, 0.2) is 24.7 Å². The second-order valence-corrected chi connectivity index (χ2v) is 9.26. The van der Waals surface area contributed by atoms with Gasteiger partial charge in [0.05, 0.1) is 17.7 Å². The van der Waals surface area contributed by atoms with Crippen LogP contribution in [0.1, 0.15) is 18.8 Å². The number of aromatic nitrogens is 6. The Morgan fingerprint density at radius 2 is 2.06 bits per heavy atom. The maximum atomic E-state index is 12.7. The average Bonchev–Trinajstić information content (AvgIpc) is 3.17. The van der Waals surface area contributed by atoms with Crippen LogP contribution in [0.3, 0.4) is 0 Å². The summed E-state index contributed by atoms with van der Waals surface area (Å²) in [6.45, 7) is 0.852. The lowest BCUT2D eigenvalue weighted by atomic mass is 10.3. The summed E-state index contributed by atoms with van der Waals surface area (Å²) in [6.07, 6.45) is 0.491. The molecule has 1 N–H and O–H groups in total. The highest BCUT2D eigenvalue weighted by atomic mass is 35.5. The Bertz CT molecular complexity index is 1150. The molecule has 0 aromatic carbocycles. The molecule has 0 saturated heterocycles. The number of methoxy groups -OCH3 is 1. The maximum Gasteiger partial charge on any atom is 0.422 e. The van der Waals surface area contributed by atoms with Gasteiger partial charge in [-0.2, -0.15) is 13.2 Å². The number of nitrogens with zero attached hydrogens (tertiary/aromatic N) is 6. The minimum Gasteiger partial charge on any atom is -0.485 e. The lowest BCUT2D eigenvalue weighted by Gasteiger charge is -2.19. The van der Waals surface area contributed by atoms with Crippen molar-refractivity contribution in [2.45, 2.75) is 30.8 Å². The van der Waals surface area contributed by atoms with Crippen molar-refractivity contribution >= 4 is 29.5 Å². The minimum atomic E-state index is -4.50. The summed E-state index contributed by atoms with van der Waals surface area (Å²) in [4.78, 5) is 12.7. The van der Waals surface area contributed by atoms with Crippen molar-refractivity contribution in [2.75, 3.05) is 31.7 Å². The zero-order valence-corrected chi connectivity index (χ0v) is 20.2. The first-order chi connectivity index (χ1) is 16.7. The Morgan fingerprint density at radius 3 is 2.77 bits per heavy atom. The number of fused-ring (bicyclic) bond motifs is 3. The van der Waals surface area contributed by atoms with Crippen molar-refractivity contribution in [3.05, 3.63) is 35.5 Å². The third kappa shape index (κ3) is 6.24. The standard InChI is InChI=1S/C20H21ClF3N7O3S/c1-11(5-15-26-6-12(21)7-27-15)35-30-19-29-28-18-16-17(33-9-13(8-32-2)31(18)19)14(3-4-25-16)34-10-20(22,23)24/h3-4,6-7,11,13H,5,8-10H2,1-2H3,(H,29,30)/t11?,13-/m0/s1. The highest BCUT2D eigenvalue weighted by Crippen LogP contribution is 2.41. The van der Waals surface area contributed by atoms with E-state index < -0.39 is 12.8 Å². The first-order valence-electron chi connectivity index (χ1n) is 10.4. The van der Waals surface area contributed by atoms with E-state index in [1.807, 2.05) is 6.92 Å². The maximum absolute atomic E-state index is 12.7. The molecule has 0 saturated carbocycles. The molecule has 3 aromatic rings. The summed E-state index contributed by atoms with van der Waals surface area (Å²) in [5, 5.41) is 8.99. The Hall–Kier alpha value is -2.84. The van der Waals surface area contributed by atoms with Gasteiger partial charge in [0.25, 0.3) is 0 Å². The largest absolute Gasteiger partial charge is 0.485 e. The van der Waals surface area contributed by atoms with Crippen LogP contribution in [0.2, 0.25) is 5.02 Å². The van der Waals surface area contributed by atoms with Gasteiger partial charge in [-0.15, -0.1) is 10.2 Å². The van der Waals surface area contributed by atoms with Gasteiger partial charge in [-0.3, -0.25) is 9.29 Å². The number of anilines is 1. The number of halogens is 4. The molecule has 35 heavy (non-hydrogen) atoms. The van der Waals surface area contributed by atoms with E-state index in [0.29, 0.717) is 29.0 Å². The Kier molecular flexibility index (Phi) is 7.82. The Labute approximate surface area is 207 Å². The van der Waals surface area contributed by atoms with E-state index in [9.17, 15) is 13.2 Å². The highest BCUT2D eigenvalue weighted by Gasteiger charge is 2.33. The van der Waals surface area contributed by atoms with E-state index in [1.54, 1.807) is 17.0 Å². The lowest BCUT2D eigenvalue weighted by Crippen LogP contribution is -2.22. The fraction of sp³-hybridized carbons (Fsp3) is 0.450. The van der Waals surface area contributed by atoms with E-state index in [2.05, 4.69) is 29.9 Å². The molecule has 0 radical (unpaired) electrons. The molecule has 3 aromatic heterocycles. The molecule has 10 nitrogen and oxygen atoms in total. The van der Waals surface area contributed by atoms with Crippen molar-refractivity contribution < 1.29 is 27.4 Å². The van der Waals surface area contributed by atoms with Crippen LogP contribution in [0.25, 0.3) is 11.5 Å². The fourth-order valence-electron chi connectivity index (χ4n) is 3.34. The molecule has 2 atom stereocenters. The summed E-state index contributed by atoms with van der Waals surface area (Å²) in [5.41, 5.74) is 0.219. The molecular weight excluding hydrogens is 511 g/mol. The van der Waals surface area contributed by atoms with Gasteiger partial charge in [0.15, 0.2) is 29.6 Å². The fourth-order valence-corrected chi connectivity index (χ4v) is 4.11. The molecular formula is C20H21ClF3N7O3S. The zero-order valence-electron chi connectivity index (χ0n) is 18.6. The molecule has 0 bridgehead atoms. The summed E-state index contributed by atoms with van der Waals surface area (Å²) < 4.78 is 59.2. The van der Waals surface area contributed by atoms with Gasteiger partial charge in [0.1, 0.15) is 12.4 Å². The third-order valence-corrected chi connectivity index (χ3v) is 5.87. The van der Waals surface area contributed by atoms with Gasteiger partial charge in [-0.25, -0.2) is 15.0 Å². The van der Waals surface area contributed by atoms with Crippen LogP contribution in [0.5, 0.6) is 11.5 Å². The monoisotopic (exact) mass is 531 g/mol. The van der Waals surface area contributed by atoms with Crippen LogP contribution in [-0.2, 0) is 11.2 Å². The third-order valence-electron chi connectivity index (χ3n) is 4.81. The van der Waals surface area contributed by atoms with Gasteiger partial charge in [-0.1, -0.05) is 18.5 Å². The first-order valence-corrected chi connectivity index (χ1v) is 11.6. The van der Waals surface area contributed by atoms with E-state index in [0.717, 1.165) is 0 Å². The van der Waals surface area contributed by atoms with Crippen LogP contribution in [-0.4, -0.2) is 68.1 Å². The molecule has 4 heterocycles. The van der Waals surface area contributed by atoms with Crippen LogP contribution >= 0.6 is 23.5 Å². The molecule has 0 amide bonds. The van der Waals surface area contributed by atoms with Crippen LogP contribution < -0.4 is 14.2 Å². The van der Waals surface area contributed by atoms with Gasteiger partial charge in [0.2, 0.25) is 5.95 Å². The van der Waals surface area contributed by atoms with E-state index in [-0.39, 0.29) is 41.7 Å². The van der Waals surface area contributed by atoms with E-state index in [1.165, 1.54) is 31.3 Å². The van der Waals surface area contributed by atoms with Gasteiger partial charge in [-0.05, 0) is 11.9 Å². The van der Waals surface area contributed by atoms with Crippen LogP contribution in [0, 0.1) is 0 Å². The molecule has 4 rings (SSSR count). The van der Waals surface area contributed by atoms with Crippen molar-refractivity contribution in [3.63, 3.8) is 0 Å². The smallest absolute Gasteiger partial charge is 0.422 e. The minimum absolute atomic E-state index is 0.0554. The number of alkyl halides is 3. The topological polar surface area (TPSA) is 109 Å². The number of hydrogen-bond acceptors (Lipinski definition) is 10. The normalized spacial score (nSPS) is 16.0. The van der Waals surface area contributed by atoms with Gasteiger partial charge < -0.3 is 14.2 Å². The summed E-state index contributed by atoms with van der Waals surface area (Å²) in [6, 6.07) is 0.935. The lowest BCUT2D eigenvalue weighted by molar-refractivity contribution is -0.153. The highest BCUT2D eigenvalue weighted by molar-refractivity contribution is 8.01. The van der Waals surface area contributed by atoms with Crippen LogP contribution in [0.4, 0.5) is 19.1 Å². The van der Waals surface area contributed by atoms with E-state index >= 15 is 0 Å². The number of pyridine rings is 1. The van der Waals surface area contributed by atoms with E-state index in [4.69, 9.17) is 25.8 Å². The van der Waals surface area contributed by atoms with Crippen molar-refractivity contribution in [1.82, 2.24) is 29.7 Å². The number of nitrogens with one attached hydrogen (secondary N) is 1. The van der Waals surface area contributed by atoms with Gasteiger partial charge in [0, 0.05) is 43.4 Å². The molecule has 188 valence electrons. The first kappa shape index (κ1) is 25.3. The number of ether oxygens (including phenoxy) is 3. The zero-order chi connectivity index (χ0) is 25.0. The second-order valence-electron chi connectivity index (χ2n) is 7.58. The number of rotatable bonds is 9. The summed E-state index contributed by atoms with van der Waals surface area (Å²) in [7, 11) is 1.54. The average molecular weight is 532 g/mol.